The number of hydrogen-bond acceptors (Lipinski definition) is 4. The van der Waals surface area contributed by atoms with Crippen molar-refractivity contribution >= 4 is 17.7 Å². The van der Waals surface area contributed by atoms with E-state index in [9.17, 15) is 14.4 Å². The van der Waals surface area contributed by atoms with Gasteiger partial charge in [0.2, 0.25) is 17.7 Å². The Kier molecular flexibility index (Phi) is 10.0. The van der Waals surface area contributed by atoms with Crippen LogP contribution in [0, 0.1) is 0 Å². The first-order valence-corrected chi connectivity index (χ1v) is 3.86. The minimum Gasteiger partial charge on any atom is -0.292 e. The van der Waals surface area contributed by atoms with E-state index >= 15 is 0 Å². The molecule has 4 N–H and O–H groups in total. The van der Waals surface area contributed by atoms with Gasteiger partial charge in [-0.2, -0.15) is 0 Å². The number of carbonyl (C=O) groups excluding carboxylic acids is 3. The van der Waals surface area contributed by atoms with E-state index in [0.717, 1.165) is 0 Å². The van der Waals surface area contributed by atoms with Gasteiger partial charge in [0.05, 0.1) is 0 Å². The fourth-order valence-electron chi connectivity index (χ4n) is 0.352. The Morgan fingerprint density at radius 2 is 1.00 bits per heavy atom. The molecule has 7 nitrogen and oxygen atoms in total. The lowest BCUT2D eigenvalue weighted by Crippen LogP contribution is -2.38. The molecule has 0 aliphatic carbocycles. The largest absolute Gasteiger partial charge is 0.292 e. The molecule has 0 aliphatic rings. The fraction of sp³-hybridized carbons (Fsp3) is 0.571. The van der Waals surface area contributed by atoms with Crippen molar-refractivity contribution in [1.82, 2.24) is 21.7 Å². The molecule has 7 heteroatoms. The fourth-order valence-corrected chi connectivity index (χ4v) is 0.352. The summed E-state index contributed by atoms with van der Waals surface area (Å²) >= 11 is 0. The quantitative estimate of drug-likeness (QED) is 0.388. The zero-order chi connectivity index (χ0) is 11.6. The maximum Gasteiger partial charge on any atom is 0.235 e. The van der Waals surface area contributed by atoms with Crippen LogP contribution in [0.3, 0.4) is 0 Å². The zero-order valence-corrected chi connectivity index (χ0v) is 8.72. The third-order valence-electron chi connectivity index (χ3n) is 0.716. The lowest BCUT2D eigenvalue weighted by molar-refractivity contribution is -0.126. The van der Waals surface area contributed by atoms with Gasteiger partial charge in [-0.25, -0.2) is 5.43 Å². The van der Waals surface area contributed by atoms with Gasteiger partial charge in [0.15, 0.2) is 0 Å². The molecule has 0 rings (SSSR count). The molecule has 0 spiro atoms. The SMILES string of the molecule is CC(=O)NNC(C)=O.CNNC(C)=O. The molecule has 0 radical (unpaired) electrons. The summed E-state index contributed by atoms with van der Waals surface area (Å²) in [6, 6.07) is 0. The smallest absolute Gasteiger partial charge is 0.235 e. The van der Waals surface area contributed by atoms with E-state index in [1.54, 1.807) is 7.05 Å². The van der Waals surface area contributed by atoms with Crippen LogP contribution in [0.5, 0.6) is 0 Å². The topological polar surface area (TPSA) is 99.3 Å². The summed E-state index contributed by atoms with van der Waals surface area (Å²) in [5.41, 5.74) is 9.00. The number of nitrogens with one attached hydrogen (secondary N) is 4. The summed E-state index contributed by atoms with van der Waals surface area (Å²) in [4.78, 5) is 29.9. The molecule has 0 fully saturated rings. The lowest BCUT2D eigenvalue weighted by atomic mass is 10.7. The van der Waals surface area contributed by atoms with Crippen molar-refractivity contribution in [2.24, 2.45) is 0 Å². The van der Waals surface area contributed by atoms with Crippen LogP contribution in [0.1, 0.15) is 20.8 Å². The second-order valence-corrected chi connectivity index (χ2v) is 2.29. The van der Waals surface area contributed by atoms with Gasteiger partial charge in [0.25, 0.3) is 0 Å². The van der Waals surface area contributed by atoms with Crippen LogP contribution in [0.15, 0.2) is 0 Å². The van der Waals surface area contributed by atoms with Gasteiger partial charge in [-0.15, -0.1) is 0 Å². The molecule has 14 heavy (non-hydrogen) atoms. The Hall–Kier alpha value is -1.63. The molecule has 0 saturated carbocycles. The van der Waals surface area contributed by atoms with Crippen molar-refractivity contribution in [1.29, 1.82) is 0 Å². The van der Waals surface area contributed by atoms with E-state index in [2.05, 4.69) is 21.7 Å². The van der Waals surface area contributed by atoms with Crippen molar-refractivity contribution in [2.45, 2.75) is 20.8 Å². The number of carbonyl (C=O) groups is 3. The lowest BCUT2D eigenvalue weighted by Gasteiger charge is -1.97. The van der Waals surface area contributed by atoms with Gasteiger partial charge in [-0.3, -0.25) is 30.7 Å². The van der Waals surface area contributed by atoms with Crippen LogP contribution in [0.4, 0.5) is 0 Å². The first kappa shape index (κ1) is 14.9. The Morgan fingerprint density at radius 3 is 1.07 bits per heavy atom. The number of amides is 3. The van der Waals surface area contributed by atoms with Crippen LogP contribution >= 0.6 is 0 Å². The minimum absolute atomic E-state index is 0.0718. The third-order valence-corrected chi connectivity index (χ3v) is 0.716. The van der Waals surface area contributed by atoms with Gasteiger partial charge in [0.1, 0.15) is 0 Å². The summed E-state index contributed by atoms with van der Waals surface area (Å²) in [5.74, 6) is -0.627. The Bertz CT molecular complexity index is 191. The third kappa shape index (κ3) is 22.4. The summed E-state index contributed by atoms with van der Waals surface area (Å²) in [6.07, 6.45) is 0. The maximum absolute atomic E-state index is 10.0. The second kappa shape index (κ2) is 9.46. The average Bonchev–Trinajstić information content (AvgIpc) is 2.01. The molecule has 82 valence electrons. The molecule has 0 aliphatic heterocycles. The summed E-state index contributed by atoms with van der Waals surface area (Å²) in [5, 5.41) is 0. The molecular weight excluding hydrogens is 188 g/mol. The van der Waals surface area contributed by atoms with Crippen LogP contribution in [0.2, 0.25) is 0 Å². The summed E-state index contributed by atoms with van der Waals surface area (Å²) in [7, 11) is 1.64. The van der Waals surface area contributed by atoms with Gasteiger partial charge < -0.3 is 0 Å². The van der Waals surface area contributed by atoms with Gasteiger partial charge >= 0.3 is 0 Å². The molecule has 0 aromatic heterocycles. The van der Waals surface area contributed by atoms with Crippen molar-refractivity contribution < 1.29 is 14.4 Å². The molecule has 0 aromatic carbocycles. The minimum atomic E-state index is -0.278. The van der Waals surface area contributed by atoms with E-state index in [1.807, 2.05) is 0 Å². The summed E-state index contributed by atoms with van der Waals surface area (Å²) in [6.45, 7) is 4.07. The molecule has 0 bridgehead atoms. The van der Waals surface area contributed by atoms with Crippen LogP contribution in [0.25, 0.3) is 0 Å². The normalized spacial score (nSPS) is 7.71. The zero-order valence-electron chi connectivity index (χ0n) is 8.72. The monoisotopic (exact) mass is 204 g/mol. The van der Waals surface area contributed by atoms with Gasteiger partial charge in [-0.1, -0.05) is 0 Å². The highest BCUT2D eigenvalue weighted by Gasteiger charge is 1.88. The van der Waals surface area contributed by atoms with E-state index in [-0.39, 0.29) is 17.7 Å². The molecule has 3 amide bonds. The number of rotatable bonds is 1. The average molecular weight is 204 g/mol. The number of hydrazine groups is 2. The van der Waals surface area contributed by atoms with Crippen molar-refractivity contribution in [3.05, 3.63) is 0 Å². The predicted molar refractivity (Wildman–Crippen MR) is 50.5 cm³/mol. The highest BCUT2D eigenvalue weighted by Crippen LogP contribution is 1.54. The van der Waals surface area contributed by atoms with E-state index in [1.165, 1.54) is 20.8 Å². The molecule has 0 heterocycles. The van der Waals surface area contributed by atoms with Crippen molar-refractivity contribution in [2.75, 3.05) is 7.05 Å². The van der Waals surface area contributed by atoms with Crippen LogP contribution in [-0.4, -0.2) is 24.8 Å². The Morgan fingerprint density at radius 1 is 0.714 bits per heavy atom. The standard InChI is InChI=1S/C4H8N2O2.C3H8N2O/c1-3(7)5-6-4(2)8;1-3(6)5-4-2/h1-2H3,(H,5,7)(H,6,8);4H,1-2H3,(H,5,6). The molecule has 0 unspecified atom stereocenters. The second-order valence-electron chi connectivity index (χ2n) is 2.29. The van der Waals surface area contributed by atoms with Gasteiger partial charge in [0, 0.05) is 27.8 Å². The predicted octanol–water partition coefficient (Wildman–Crippen LogP) is -1.57. The van der Waals surface area contributed by atoms with Crippen LogP contribution in [-0.2, 0) is 14.4 Å². The maximum atomic E-state index is 10.0. The highest BCUT2D eigenvalue weighted by atomic mass is 16.2. The summed E-state index contributed by atoms with van der Waals surface area (Å²) < 4.78 is 0. The van der Waals surface area contributed by atoms with E-state index in [4.69, 9.17) is 0 Å². The number of hydrogen-bond donors (Lipinski definition) is 4. The highest BCUT2D eigenvalue weighted by molar-refractivity contribution is 5.78. The molecule has 0 saturated heterocycles. The van der Waals surface area contributed by atoms with E-state index < -0.39 is 0 Å². The first-order chi connectivity index (χ1) is 6.40. The first-order valence-electron chi connectivity index (χ1n) is 3.86. The van der Waals surface area contributed by atoms with Crippen LogP contribution < -0.4 is 21.7 Å². The Balaban J connectivity index is 0. The molecule has 0 aromatic rings. The molecule has 0 atom stereocenters. The Labute approximate surface area is 82.6 Å². The van der Waals surface area contributed by atoms with E-state index in [0.29, 0.717) is 0 Å². The van der Waals surface area contributed by atoms with Crippen molar-refractivity contribution in [3.63, 3.8) is 0 Å². The molecular formula is C7H16N4O3. The van der Waals surface area contributed by atoms with Crippen molar-refractivity contribution in [3.8, 4) is 0 Å². The van der Waals surface area contributed by atoms with Gasteiger partial charge in [-0.05, 0) is 0 Å².